The van der Waals surface area contributed by atoms with Gasteiger partial charge in [0, 0.05) is 27.3 Å². The molecule has 0 saturated heterocycles. The van der Waals surface area contributed by atoms with Crippen molar-refractivity contribution in [3.63, 3.8) is 0 Å². The first-order valence-corrected chi connectivity index (χ1v) is 6.58. The van der Waals surface area contributed by atoms with E-state index in [2.05, 4.69) is 11.1 Å². The SMILES string of the molecule is O=C(O)c1ccccc1O.[Pt].[c-]1ccccc1-c1ccccn1. The number of hydrogen-bond donors (Lipinski definition) is 2. The summed E-state index contributed by atoms with van der Waals surface area (Å²) in [4.78, 5) is 14.5. The Kier molecular flexibility index (Phi) is 7.72. The number of carboxylic acid groups (broad SMARTS) is 1. The number of para-hydroxylation sites is 1. The summed E-state index contributed by atoms with van der Waals surface area (Å²) in [5.41, 5.74) is 1.94. The molecule has 0 amide bonds. The number of carboxylic acids is 1. The number of carbonyl (C=O) groups is 1. The van der Waals surface area contributed by atoms with E-state index in [4.69, 9.17) is 10.2 Å². The fourth-order valence-corrected chi connectivity index (χ4v) is 1.73. The molecule has 3 aromatic rings. The number of aromatic nitrogens is 1. The van der Waals surface area contributed by atoms with E-state index in [0.29, 0.717) is 0 Å². The van der Waals surface area contributed by atoms with E-state index in [0.717, 1.165) is 11.3 Å². The second-order valence-corrected chi connectivity index (χ2v) is 4.31. The number of hydrogen-bond acceptors (Lipinski definition) is 3. The van der Waals surface area contributed by atoms with E-state index >= 15 is 0 Å². The third kappa shape index (κ3) is 5.68. The van der Waals surface area contributed by atoms with Crippen LogP contribution in [0.15, 0.2) is 72.9 Å². The molecule has 0 aliphatic heterocycles. The minimum absolute atomic E-state index is 0. The van der Waals surface area contributed by atoms with E-state index in [9.17, 15) is 4.79 Å². The standard InChI is InChI=1S/C11H8N.C7H6O3.Pt/c1-2-6-10(7-3-1)11-8-4-5-9-12-11;8-6-4-2-1-3-5(6)7(9)10;/h1-6,8-9H;1-4,8H,(H,9,10);/q-1;;. The zero-order valence-corrected chi connectivity index (χ0v) is 14.3. The van der Waals surface area contributed by atoms with Crippen LogP contribution in [-0.2, 0) is 21.1 Å². The van der Waals surface area contributed by atoms with Gasteiger partial charge in [-0.15, -0.1) is 35.9 Å². The van der Waals surface area contributed by atoms with Crippen molar-refractivity contribution < 1.29 is 36.1 Å². The first-order valence-electron chi connectivity index (χ1n) is 6.58. The summed E-state index contributed by atoms with van der Waals surface area (Å²) in [6.07, 6.45) is 1.79. The zero-order valence-electron chi connectivity index (χ0n) is 12.0. The number of aromatic carboxylic acids is 1. The number of rotatable bonds is 2. The normalized spacial score (nSPS) is 9.04. The summed E-state index contributed by atoms with van der Waals surface area (Å²) < 4.78 is 0. The number of aromatic hydroxyl groups is 1. The third-order valence-corrected chi connectivity index (χ3v) is 2.78. The zero-order chi connectivity index (χ0) is 15.8. The van der Waals surface area contributed by atoms with Crippen LogP contribution in [0.4, 0.5) is 0 Å². The number of pyridine rings is 1. The molecule has 0 aliphatic rings. The Morgan fingerprint density at radius 1 is 0.957 bits per heavy atom. The molecule has 5 heteroatoms. The van der Waals surface area contributed by atoms with Crippen LogP contribution in [0.1, 0.15) is 10.4 Å². The maximum Gasteiger partial charge on any atom is 0.339 e. The van der Waals surface area contributed by atoms with Crippen molar-refractivity contribution in [1.82, 2.24) is 4.98 Å². The Balaban J connectivity index is 0.000000224. The van der Waals surface area contributed by atoms with Crippen molar-refractivity contribution in [2.75, 3.05) is 0 Å². The molecule has 23 heavy (non-hydrogen) atoms. The van der Waals surface area contributed by atoms with Crippen molar-refractivity contribution in [2.24, 2.45) is 0 Å². The van der Waals surface area contributed by atoms with Crippen LogP contribution in [0.25, 0.3) is 11.3 Å². The van der Waals surface area contributed by atoms with Gasteiger partial charge in [0.05, 0.1) is 0 Å². The smallest absolute Gasteiger partial charge is 0.339 e. The molecular weight excluding hydrogens is 473 g/mol. The molecule has 0 saturated carbocycles. The molecule has 0 aliphatic carbocycles. The van der Waals surface area contributed by atoms with Crippen molar-refractivity contribution >= 4 is 5.97 Å². The van der Waals surface area contributed by atoms with Crippen LogP contribution in [0.2, 0.25) is 0 Å². The van der Waals surface area contributed by atoms with Crippen LogP contribution in [0.3, 0.4) is 0 Å². The minimum atomic E-state index is -1.11. The predicted molar refractivity (Wildman–Crippen MR) is 83.6 cm³/mol. The van der Waals surface area contributed by atoms with E-state index < -0.39 is 5.97 Å². The average Bonchev–Trinajstić information content (AvgIpc) is 2.57. The molecule has 1 heterocycles. The molecular formula is C18H14NO3Pt-. The quantitative estimate of drug-likeness (QED) is 0.542. The first-order chi connectivity index (χ1) is 10.7. The van der Waals surface area contributed by atoms with Crippen molar-refractivity contribution in [1.29, 1.82) is 0 Å². The summed E-state index contributed by atoms with van der Waals surface area (Å²) in [6.45, 7) is 0. The second-order valence-electron chi connectivity index (χ2n) is 4.31. The van der Waals surface area contributed by atoms with Gasteiger partial charge in [-0.25, -0.2) is 4.79 Å². The molecule has 120 valence electrons. The van der Waals surface area contributed by atoms with Crippen LogP contribution < -0.4 is 0 Å². The van der Waals surface area contributed by atoms with Gasteiger partial charge in [0.25, 0.3) is 0 Å². The van der Waals surface area contributed by atoms with Crippen molar-refractivity contribution in [3.8, 4) is 17.0 Å². The van der Waals surface area contributed by atoms with Crippen molar-refractivity contribution in [2.45, 2.75) is 0 Å². The van der Waals surface area contributed by atoms with E-state index in [1.165, 1.54) is 12.1 Å². The third-order valence-electron chi connectivity index (χ3n) is 2.78. The molecule has 2 N–H and O–H groups in total. The molecule has 4 nitrogen and oxygen atoms in total. The fraction of sp³-hybridized carbons (Fsp3) is 0. The Morgan fingerprint density at radius 2 is 1.65 bits per heavy atom. The van der Waals surface area contributed by atoms with Gasteiger partial charge in [-0.05, 0) is 23.9 Å². The van der Waals surface area contributed by atoms with Crippen molar-refractivity contribution in [3.05, 3.63) is 84.6 Å². The molecule has 1 aromatic heterocycles. The maximum absolute atomic E-state index is 10.3. The largest absolute Gasteiger partial charge is 0.507 e. The Labute approximate surface area is 148 Å². The second kappa shape index (κ2) is 9.54. The molecule has 2 aromatic carbocycles. The Morgan fingerprint density at radius 3 is 2.17 bits per heavy atom. The van der Waals surface area contributed by atoms with Gasteiger partial charge < -0.3 is 15.2 Å². The molecule has 0 bridgehead atoms. The average molecular weight is 487 g/mol. The van der Waals surface area contributed by atoms with Crippen LogP contribution in [0.5, 0.6) is 5.75 Å². The fourth-order valence-electron chi connectivity index (χ4n) is 1.73. The van der Waals surface area contributed by atoms with Gasteiger partial charge >= 0.3 is 5.97 Å². The predicted octanol–water partition coefficient (Wildman–Crippen LogP) is 3.64. The van der Waals surface area contributed by atoms with E-state index in [1.54, 1.807) is 18.3 Å². The summed E-state index contributed by atoms with van der Waals surface area (Å²) >= 11 is 0. The van der Waals surface area contributed by atoms with Gasteiger partial charge in [-0.3, -0.25) is 0 Å². The summed E-state index contributed by atoms with van der Waals surface area (Å²) in [6, 6.07) is 22.6. The van der Waals surface area contributed by atoms with Crippen LogP contribution in [-0.4, -0.2) is 21.2 Å². The molecule has 0 unspecified atom stereocenters. The molecule has 0 atom stereocenters. The molecule has 0 fully saturated rings. The summed E-state index contributed by atoms with van der Waals surface area (Å²) in [7, 11) is 0. The number of benzene rings is 2. The first kappa shape index (κ1) is 18.6. The van der Waals surface area contributed by atoms with Crippen LogP contribution >= 0.6 is 0 Å². The number of phenols is 1. The minimum Gasteiger partial charge on any atom is -0.507 e. The monoisotopic (exact) mass is 487 g/mol. The van der Waals surface area contributed by atoms with Gasteiger partial charge in [0.1, 0.15) is 11.3 Å². The van der Waals surface area contributed by atoms with E-state index in [-0.39, 0.29) is 32.4 Å². The molecule has 3 rings (SSSR count). The summed E-state index contributed by atoms with van der Waals surface area (Å²) in [5, 5.41) is 17.3. The molecule has 0 spiro atoms. The van der Waals surface area contributed by atoms with Crippen LogP contribution in [0, 0.1) is 6.07 Å². The van der Waals surface area contributed by atoms with Gasteiger partial charge in [-0.1, -0.05) is 24.3 Å². The van der Waals surface area contributed by atoms with Gasteiger partial charge in [-0.2, -0.15) is 0 Å². The Hall–Kier alpha value is -2.45. The maximum atomic E-state index is 10.3. The van der Waals surface area contributed by atoms with Gasteiger partial charge in [0.15, 0.2) is 0 Å². The van der Waals surface area contributed by atoms with Gasteiger partial charge in [0.2, 0.25) is 0 Å². The van der Waals surface area contributed by atoms with E-state index in [1.807, 2.05) is 42.5 Å². The molecule has 0 radical (unpaired) electrons. The Bertz CT molecular complexity index is 696. The summed E-state index contributed by atoms with van der Waals surface area (Å²) in [5.74, 6) is -1.31. The number of nitrogens with zero attached hydrogens (tertiary/aromatic N) is 1. The topological polar surface area (TPSA) is 70.4 Å².